The van der Waals surface area contributed by atoms with Crippen molar-refractivity contribution in [3.05, 3.63) is 65.2 Å². The molecule has 2 amide bonds. The third-order valence-corrected chi connectivity index (χ3v) is 5.44. The fraction of sp³-hybridized carbons (Fsp3) is 0.333. The molecular formula is C21H24N2O2S. The Morgan fingerprint density at radius 2 is 1.77 bits per heavy atom. The summed E-state index contributed by atoms with van der Waals surface area (Å²) in [6.45, 7) is 2.00. The number of carbonyl (C=O) groups excluding carboxylic acids is 2. The van der Waals surface area contributed by atoms with Crippen LogP contribution in [0.4, 0.5) is 5.69 Å². The molecule has 3 rings (SSSR count). The molecule has 2 aromatic carbocycles. The number of benzene rings is 2. The van der Waals surface area contributed by atoms with Crippen LogP contribution in [-0.2, 0) is 16.0 Å². The van der Waals surface area contributed by atoms with E-state index in [1.165, 1.54) is 22.9 Å². The Balaban J connectivity index is 1.42. The van der Waals surface area contributed by atoms with E-state index in [4.69, 9.17) is 0 Å². The molecule has 0 saturated carbocycles. The van der Waals surface area contributed by atoms with Gasteiger partial charge in [0.25, 0.3) is 0 Å². The topological polar surface area (TPSA) is 58.2 Å². The second kappa shape index (κ2) is 8.90. The zero-order chi connectivity index (χ0) is 18.4. The molecule has 0 saturated heterocycles. The molecule has 5 heteroatoms. The van der Waals surface area contributed by atoms with Crippen LogP contribution in [0.15, 0.2) is 48.5 Å². The van der Waals surface area contributed by atoms with Crippen molar-refractivity contribution in [3.8, 4) is 0 Å². The molecule has 2 aromatic rings. The van der Waals surface area contributed by atoms with Crippen LogP contribution in [0.25, 0.3) is 0 Å². The van der Waals surface area contributed by atoms with Crippen molar-refractivity contribution in [2.75, 3.05) is 16.8 Å². The van der Waals surface area contributed by atoms with Crippen molar-refractivity contribution in [1.82, 2.24) is 5.32 Å². The van der Waals surface area contributed by atoms with E-state index in [1.807, 2.05) is 43.3 Å². The van der Waals surface area contributed by atoms with Gasteiger partial charge in [0.1, 0.15) is 0 Å². The molecule has 0 aliphatic heterocycles. The van der Waals surface area contributed by atoms with Crippen molar-refractivity contribution >= 4 is 29.3 Å². The number of fused-ring (bicyclic) bond motifs is 1. The van der Waals surface area contributed by atoms with Crippen LogP contribution in [0.2, 0.25) is 0 Å². The lowest BCUT2D eigenvalue weighted by atomic mass is 9.88. The zero-order valence-corrected chi connectivity index (χ0v) is 15.8. The maximum Gasteiger partial charge on any atom is 0.234 e. The monoisotopic (exact) mass is 368 g/mol. The SMILES string of the molecule is Cc1ccc(NC(=O)CSCC(=O)N[C@H]2CCCc3ccccc32)cc1. The highest BCUT2D eigenvalue weighted by molar-refractivity contribution is 8.00. The lowest BCUT2D eigenvalue weighted by Gasteiger charge is -2.26. The van der Waals surface area contributed by atoms with Gasteiger partial charge in [-0.15, -0.1) is 11.8 Å². The van der Waals surface area contributed by atoms with Crippen molar-refractivity contribution in [1.29, 1.82) is 0 Å². The van der Waals surface area contributed by atoms with Crippen molar-refractivity contribution in [2.24, 2.45) is 0 Å². The lowest BCUT2D eigenvalue weighted by molar-refractivity contribution is -0.119. The number of carbonyl (C=O) groups is 2. The molecule has 4 nitrogen and oxygen atoms in total. The van der Waals surface area contributed by atoms with Crippen molar-refractivity contribution in [3.63, 3.8) is 0 Å². The van der Waals surface area contributed by atoms with Gasteiger partial charge in [0.2, 0.25) is 11.8 Å². The van der Waals surface area contributed by atoms with Gasteiger partial charge in [0.15, 0.2) is 0 Å². The second-order valence-corrected chi connectivity index (χ2v) is 7.60. The highest BCUT2D eigenvalue weighted by Gasteiger charge is 2.21. The first-order chi connectivity index (χ1) is 12.6. The summed E-state index contributed by atoms with van der Waals surface area (Å²) in [5.74, 6) is 0.456. The van der Waals surface area contributed by atoms with Crippen molar-refractivity contribution < 1.29 is 9.59 Å². The molecule has 2 N–H and O–H groups in total. The van der Waals surface area contributed by atoms with E-state index >= 15 is 0 Å². The molecule has 0 unspecified atom stereocenters. The summed E-state index contributed by atoms with van der Waals surface area (Å²) in [4.78, 5) is 24.2. The summed E-state index contributed by atoms with van der Waals surface area (Å²) in [5.41, 5.74) is 4.49. The third-order valence-electron chi connectivity index (χ3n) is 4.51. The van der Waals surface area contributed by atoms with Crippen LogP contribution in [0.5, 0.6) is 0 Å². The van der Waals surface area contributed by atoms with Gasteiger partial charge in [0, 0.05) is 5.69 Å². The second-order valence-electron chi connectivity index (χ2n) is 6.62. The van der Waals surface area contributed by atoms with Crippen LogP contribution in [0.3, 0.4) is 0 Å². The number of aryl methyl sites for hydroxylation is 2. The van der Waals surface area contributed by atoms with Gasteiger partial charge in [-0.05, 0) is 49.4 Å². The zero-order valence-electron chi connectivity index (χ0n) is 15.0. The van der Waals surface area contributed by atoms with Gasteiger partial charge in [0.05, 0.1) is 17.5 Å². The average Bonchev–Trinajstić information content (AvgIpc) is 2.64. The van der Waals surface area contributed by atoms with Crippen LogP contribution < -0.4 is 10.6 Å². The fourth-order valence-corrected chi connectivity index (χ4v) is 3.84. The van der Waals surface area contributed by atoms with Crippen LogP contribution in [-0.4, -0.2) is 23.3 Å². The van der Waals surface area contributed by atoms with E-state index in [9.17, 15) is 9.59 Å². The molecule has 26 heavy (non-hydrogen) atoms. The highest BCUT2D eigenvalue weighted by Crippen LogP contribution is 2.29. The van der Waals surface area contributed by atoms with E-state index in [-0.39, 0.29) is 23.6 Å². The molecule has 1 aliphatic carbocycles. The number of hydrogen-bond donors (Lipinski definition) is 2. The minimum absolute atomic E-state index is 0.0140. The average molecular weight is 369 g/mol. The molecule has 0 radical (unpaired) electrons. The molecule has 0 aromatic heterocycles. The lowest BCUT2D eigenvalue weighted by Crippen LogP contribution is -2.32. The summed E-state index contributed by atoms with van der Waals surface area (Å²) in [6, 6.07) is 16.1. The van der Waals surface area contributed by atoms with E-state index in [1.54, 1.807) is 0 Å². The number of thioether (sulfide) groups is 1. The summed E-state index contributed by atoms with van der Waals surface area (Å²) in [7, 11) is 0. The Morgan fingerprint density at radius 3 is 2.58 bits per heavy atom. The molecule has 0 heterocycles. The van der Waals surface area contributed by atoms with Crippen LogP contribution in [0.1, 0.15) is 35.6 Å². The summed E-state index contributed by atoms with van der Waals surface area (Å²) in [6.07, 6.45) is 3.14. The number of rotatable bonds is 6. The number of anilines is 1. The van der Waals surface area contributed by atoms with Gasteiger partial charge in [-0.3, -0.25) is 9.59 Å². The van der Waals surface area contributed by atoms with Gasteiger partial charge in [-0.1, -0.05) is 42.0 Å². The van der Waals surface area contributed by atoms with Gasteiger partial charge < -0.3 is 10.6 Å². The maximum atomic E-state index is 12.2. The largest absolute Gasteiger partial charge is 0.349 e. The van der Waals surface area contributed by atoms with E-state index in [2.05, 4.69) is 22.8 Å². The van der Waals surface area contributed by atoms with Crippen molar-refractivity contribution in [2.45, 2.75) is 32.2 Å². The fourth-order valence-electron chi connectivity index (χ4n) is 3.21. The first-order valence-electron chi connectivity index (χ1n) is 8.93. The maximum absolute atomic E-state index is 12.2. The quantitative estimate of drug-likeness (QED) is 0.814. The van der Waals surface area contributed by atoms with Crippen LogP contribution >= 0.6 is 11.8 Å². The Labute approximate surface area is 158 Å². The normalized spacial score (nSPS) is 15.8. The Hall–Kier alpha value is -2.27. The smallest absolute Gasteiger partial charge is 0.234 e. The molecule has 1 aliphatic rings. The molecule has 0 bridgehead atoms. The summed E-state index contributed by atoms with van der Waals surface area (Å²) >= 11 is 1.34. The number of amides is 2. The highest BCUT2D eigenvalue weighted by atomic mass is 32.2. The standard InChI is InChI=1S/C21H24N2O2S/c1-15-9-11-17(12-10-15)22-20(24)13-26-14-21(25)23-19-8-4-6-16-5-2-3-7-18(16)19/h2-3,5,7,9-12,19H,4,6,8,13-14H2,1H3,(H,22,24)(H,23,25)/t19-/m0/s1. The number of hydrogen-bond acceptors (Lipinski definition) is 3. The first-order valence-corrected chi connectivity index (χ1v) is 10.1. The first kappa shape index (κ1) is 18.5. The number of nitrogens with one attached hydrogen (secondary N) is 2. The molecule has 0 fully saturated rings. The minimum atomic E-state index is -0.0883. The third kappa shape index (κ3) is 5.11. The Bertz CT molecular complexity index is 774. The summed E-state index contributed by atoms with van der Waals surface area (Å²) in [5, 5.41) is 5.96. The predicted molar refractivity (Wildman–Crippen MR) is 107 cm³/mol. The van der Waals surface area contributed by atoms with E-state index < -0.39 is 0 Å². The Morgan fingerprint density at radius 1 is 1.04 bits per heavy atom. The van der Waals surface area contributed by atoms with E-state index in [0.717, 1.165) is 30.5 Å². The molecule has 1 atom stereocenters. The molecule has 136 valence electrons. The predicted octanol–water partition coefficient (Wildman–Crippen LogP) is 3.86. The minimum Gasteiger partial charge on any atom is -0.349 e. The van der Waals surface area contributed by atoms with E-state index in [0.29, 0.717) is 5.75 Å². The van der Waals surface area contributed by atoms with Gasteiger partial charge in [-0.2, -0.15) is 0 Å². The Kier molecular flexibility index (Phi) is 6.34. The van der Waals surface area contributed by atoms with Gasteiger partial charge in [-0.25, -0.2) is 0 Å². The van der Waals surface area contributed by atoms with Crippen LogP contribution in [0, 0.1) is 6.92 Å². The molecule has 0 spiro atoms. The van der Waals surface area contributed by atoms with Gasteiger partial charge >= 0.3 is 0 Å². The molecular weight excluding hydrogens is 344 g/mol. The summed E-state index contributed by atoms with van der Waals surface area (Å²) < 4.78 is 0.